The first-order valence-corrected chi connectivity index (χ1v) is 6.69. The van der Waals surface area contributed by atoms with Gasteiger partial charge in [0.05, 0.1) is 12.3 Å². The highest BCUT2D eigenvalue weighted by Gasteiger charge is 2.10. The number of nitrogens with one attached hydrogen (secondary N) is 3. The van der Waals surface area contributed by atoms with Gasteiger partial charge in [0.15, 0.2) is 5.82 Å². The molecule has 1 aromatic rings. The van der Waals surface area contributed by atoms with Crippen molar-refractivity contribution in [3.63, 3.8) is 0 Å². The van der Waals surface area contributed by atoms with Crippen LogP contribution >= 0.6 is 0 Å². The van der Waals surface area contributed by atoms with Gasteiger partial charge >= 0.3 is 0 Å². The summed E-state index contributed by atoms with van der Waals surface area (Å²) in [5, 5.41) is 15.9. The Morgan fingerprint density at radius 3 is 2.81 bits per heavy atom. The van der Waals surface area contributed by atoms with Gasteiger partial charge in [-0.1, -0.05) is 12.1 Å². The maximum atomic E-state index is 11.5. The van der Waals surface area contributed by atoms with Crippen LogP contribution in [0.1, 0.15) is 19.2 Å². The van der Waals surface area contributed by atoms with Crippen molar-refractivity contribution in [3.8, 4) is 0 Å². The van der Waals surface area contributed by atoms with Gasteiger partial charge in [0.2, 0.25) is 10.0 Å². The topological polar surface area (TPSA) is 113 Å². The van der Waals surface area contributed by atoms with Crippen molar-refractivity contribution in [2.45, 2.75) is 19.9 Å². The third kappa shape index (κ3) is 5.14. The number of H-pyrrole nitrogens is 1. The number of hydrogen-bond donors (Lipinski definition) is 3. The number of tetrazole rings is 1. The van der Waals surface area contributed by atoms with Crippen LogP contribution in [0.5, 0.6) is 0 Å². The molecule has 16 heavy (non-hydrogen) atoms. The Kier molecular flexibility index (Phi) is 5.29. The maximum absolute atomic E-state index is 11.5. The molecule has 1 heterocycles. The average molecular weight is 248 g/mol. The van der Waals surface area contributed by atoms with E-state index in [1.807, 2.05) is 6.92 Å². The Labute approximate surface area is 94.3 Å². The molecular formula is C7H16N6O2S. The Morgan fingerprint density at radius 1 is 1.38 bits per heavy atom. The molecule has 0 unspecified atom stereocenters. The van der Waals surface area contributed by atoms with E-state index in [4.69, 9.17) is 0 Å². The minimum atomic E-state index is -3.27. The summed E-state index contributed by atoms with van der Waals surface area (Å²) in [5.41, 5.74) is 0. The Balaban J connectivity index is 2.23. The molecule has 0 bridgehead atoms. The highest BCUT2D eigenvalue weighted by Crippen LogP contribution is 1.88. The molecule has 1 rings (SSSR count). The van der Waals surface area contributed by atoms with Gasteiger partial charge in [-0.15, -0.1) is 10.2 Å². The minimum Gasteiger partial charge on any atom is -0.316 e. The Morgan fingerprint density at radius 2 is 2.19 bits per heavy atom. The second-order valence-electron chi connectivity index (χ2n) is 3.22. The van der Waals surface area contributed by atoms with Gasteiger partial charge in [-0.3, -0.25) is 0 Å². The monoisotopic (exact) mass is 248 g/mol. The molecule has 0 fully saturated rings. The van der Waals surface area contributed by atoms with Crippen LogP contribution in [0.15, 0.2) is 0 Å². The van der Waals surface area contributed by atoms with Crippen molar-refractivity contribution < 1.29 is 8.42 Å². The van der Waals surface area contributed by atoms with Gasteiger partial charge < -0.3 is 5.32 Å². The molecule has 0 saturated carbocycles. The van der Waals surface area contributed by atoms with E-state index in [0.29, 0.717) is 12.4 Å². The van der Waals surface area contributed by atoms with E-state index in [-0.39, 0.29) is 12.3 Å². The molecular weight excluding hydrogens is 232 g/mol. The first-order valence-electron chi connectivity index (χ1n) is 5.04. The van der Waals surface area contributed by atoms with E-state index < -0.39 is 10.0 Å². The quantitative estimate of drug-likeness (QED) is 0.489. The second-order valence-corrected chi connectivity index (χ2v) is 5.14. The predicted octanol–water partition coefficient (Wildman–Crippen LogP) is -1.38. The molecule has 0 aliphatic heterocycles. The molecule has 0 aliphatic carbocycles. The van der Waals surface area contributed by atoms with Crippen LogP contribution in [0.4, 0.5) is 0 Å². The number of nitrogens with zero attached hydrogens (tertiary/aromatic N) is 3. The fourth-order valence-corrected chi connectivity index (χ4v) is 1.92. The fourth-order valence-electron chi connectivity index (χ4n) is 1.01. The lowest BCUT2D eigenvalue weighted by Gasteiger charge is -2.05. The zero-order valence-corrected chi connectivity index (χ0v) is 9.92. The van der Waals surface area contributed by atoms with Gasteiger partial charge in [0.25, 0.3) is 0 Å². The summed E-state index contributed by atoms with van der Waals surface area (Å²) >= 11 is 0. The van der Waals surface area contributed by atoms with Crippen LogP contribution in [0.2, 0.25) is 0 Å². The Bertz CT molecular complexity index is 376. The van der Waals surface area contributed by atoms with Crippen molar-refractivity contribution in [3.05, 3.63) is 5.82 Å². The second kappa shape index (κ2) is 6.51. The molecule has 0 saturated heterocycles. The number of aromatic nitrogens is 4. The largest absolute Gasteiger partial charge is 0.316 e. The molecule has 0 atom stereocenters. The van der Waals surface area contributed by atoms with Gasteiger partial charge in [0.1, 0.15) is 0 Å². The first-order chi connectivity index (χ1) is 7.64. The summed E-state index contributed by atoms with van der Waals surface area (Å²) in [7, 11) is -3.27. The van der Waals surface area contributed by atoms with Crippen LogP contribution in [0.3, 0.4) is 0 Å². The van der Waals surface area contributed by atoms with E-state index >= 15 is 0 Å². The normalized spacial score (nSPS) is 11.8. The van der Waals surface area contributed by atoms with E-state index in [9.17, 15) is 8.42 Å². The van der Waals surface area contributed by atoms with Gasteiger partial charge in [-0.2, -0.15) is 5.21 Å². The van der Waals surface area contributed by atoms with Gasteiger partial charge in [-0.05, 0) is 13.0 Å². The number of aromatic amines is 1. The third-order valence-corrected chi connectivity index (χ3v) is 3.14. The predicted molar refractivity (Wildman–Crippen MR) is 58.0 cm³/mol. The number of rotatable bonds is 8. The summed E-state index contributed by atoms with van der Waals surface area (Å²) in [5.74, 6) is 0.371. The molecule has 8 nitrogen and oxygen atoms in total. The van der Waals surface area contributed by atoms with Gasteiger partial charge in [-0.25, -0.2) is 13.1 Å². The lowest BCUT2D eigenvalue weighted by Crippen LogP contribution is -2.32. The van der Waals surface area contributed by atoms with Gasteiger partial charge in [0, 0.05) is 6.54 Å². The maximum Gasteiger partial charge on any atom is 0.213 e. The third-order valence-electron chi connectivity index (χ3n) is 1.81. The van der Waals surface area contributed by atoms with Crippen molar-refractivity contribution in [2.24, 2.45) is 0 Å². The zero-order chi connectivity index (χ0) is 11.9. The SMILES string of the molecule is CCCNCCS(=O)(=O)NCc1nn[nH]n1. The highest BCUT2D eigenvalue weighted by molar-refractivity contribution is 7.89. The van der Waals surface area contributed by atoms with Crippen LogP contribution in [-0.2, 0) is 16.6 Å². The van der Waals surface area contributed by atoms with E-state index in [1.54, 1.807) is 0 Å². The Hall–Kier alpha value is -1.06. The number of sulfonamides is 1. The lowest BCUT2D eigenvalue weighted by atomic mass is 10.5. The molecule has 0 aliphatic rings. The van der Waals surface area contributed by atoms with Crippen LogP contribution < -0.4 is 10.0 Å². The van der Waals surface area contributed by atoms with Crippen molar-refractivity contribution in [1.82, 2.24) is 30.7 Å². The molecule has 1 aromatic heterocycles. The zero-order valence-electron chi connectivity index (χ0n) is 9.10. The van der Waals surface area contributed by atoms with Crippen molar-refractivity contribution in [1.29, 1.82) is 0 Å². The summed E-state index contributed by atoms with van der Waals surface area (Å²) in [6.07, 6.45) is 0.982. The number of hydrogen-bond acceptors (Lipinski definition) is 6. The fraction of sp³-hybridized carbons (Fsp3) is 0.857. The minimum absolute atomic E-state index is 0.0465. The molecule has 0 spiro atoms. The van der Waals surface area contributed by atoms with Crippen LogP contribution in [0, 0.1) is 0 Å². The average Bonchev–Trinajstić information content (AvgIpc) is 2.75. The smallest absolute Gasteiger partial charge is 0.213 e. The molecule has 0 radical (unpaired) electrons. The van der Waals surface area contributed by atoms with E-state index in [2.05, 4.69) is 30.7 Å². The van der Waals surface area contributed by atoms with Crippen LogP contribution in [0.25, 0.3) is 0 Å². The summed E-state index contributed by atoms with van der Waals surface area (Å²) in [6, 6.07) is 0. The van der Waals surface area contributed by atoms with Crippen molar-refractivity contribution >= 4 is 10.0 Å². The lowest BCUT2D eigenvalue weighted by molar-refractivity contribution is 0.574. The van der Waals surface area contributed by atoms with Crippen LogP contribution in [-0.4, -0.2) is 47.9 Å². The molecule has 3 N–H and O–H groups in total. The molecule has 92 valence electrons. The molecule has 0 aromatic carbocycles. The standard InChI is InChI=1S/C7H16N6O2S/c1-2-3-8-4-5-16(14,15)9-6-7-10-12-13-11-7/h8-9H,2-6H2,1H3,(H,10,11,12,13). The molecule has 0 amide bonds. The van der Waals surface area contributed by atoms with E-state index in [0.717, 1.165) is 13.0 Å². The van der Waals surface area contributed by atoms with Crippen molar-refractivity contribution in [2.75, 3.05) is 18.8 Å². The first kappa shape index (κ1) is 13.0. The highest BCUT2D eigenvalue weighted by atomic mass is 32.2. The summed E-state index contributed by atoms with van der Waals surface area (Å²) < 4.78 is 25.3. The summed E-state index contributed by atoms with van der Waals surface area (Å²) in [6.45, 7) is 3.35. The summed E-state index contributed by atoms with van der Waals surface area (Å²) in [4.78, 5) is 0. The molecule has 9 heteroatoms. The van der Waals surface area contributed by atoms with E-state index in [1.165, 1.54) is 0 Å².